The molecule has 1 aromatic heterocycles. The minimum atomic E-state index is -1.76. The van der Waals surface area contributed by atoms with Crippen molar-refractivity contribution in [1.29, 1.82) is 0 Å². The van der Waals surface area contributed by atoms with E-state index in [1.165, 1.54) is 0 Å². The van der Waals surface area contributed by atoms with Gasteiger partial charge in [-0.25, -0.2) is 9.19 Å². The molecule has 0 fully saturated rings. The van der Waals surface area contributed by atoms with E-state index in [1.807, 2.05) is 6.07 Å². The Balaban J connectivity index is 0.00000144. The maximum absolute atomic E-state index is 11.0. The number of nitrogens with one attached hydrogen (secondary N) is 1. The molecule has 1 rings (SSSR count). The first-order chi connectivity index (χ1) is 5.65. The average Bonchev–Trinajstić information content (AvgIpc) is 2.08. The molecule has 1 N–H and O–H groups in total. The molecule has 0 aliphatic heterocycles. The van der Waals surface area contributed by atoms with Crippen molar-refractivity contribution < 1.29 is 27.0 Å². The van der Waals surface area contributed by atoms with Gasteiger partial charge in [0.05, 0.1) is 0 Å². The molecule has 0 amide bonds. The molecule has 1 atom stereocenters. The summed E-state index contributed by atoms with van der Waals surface area (Å²) in [5.74, 6) is 6.47. The molecule has 1 heterocycles. The van der Waals surface area contributed by atoms with E-state index in [-0.39, 0.29) is 18.6 Å². The molecular formula is C7H9N2O2SV-. The second-order valence-electron chi connectivity index (χ2n) is 2.39. The van der Waals surface area contributed by atoms with Crippen LogP contribution in [0, 0.1) is 13.8 Å². The summed E-state index contributed by atoms with van der Waals surface area (Å²) in [6.07, 6.45) is 0. The van der Waals surface area contributed by atoms with E-state index in [0.29, 0.717) is 5.03 Å². The van der Waals surface area contributed by atoms with Gasteiger partial charge in [0.25, 0.3) is 0 Å². The number of nitrogens with zero attached hydrogens (tertiary/aromatic N) is 1. The van der Waals surface area contributed by atoms with Crippen molar-refractivity contribution >= 4 is 11.1 Å². The largest absolute Gasteiger partial charge is 0.533 e. The van der Waals surface area contributed by atoms with E-state index in [4.69, 9.17) is 5.90 Å². The maximum atomic E-state index is 11.0. The molecule has 71 valence electrons. The van der Waals surface area contributed by atoms with Gasteiger partial charge in [-0.05, 0) is 25.5 Å². The quantitative estimate of drug-likeness (QED) is 0.734. The van der Waals surface area contributed by atoms with Crippen LogP contribution in [-0.2, 0) is 33.9 Å². The summed E-state index contributed by atoms with van der Waals surface area (Å²) in [5, 5.41) is 0.324. The van der Waals surface area contributed by atoms with Crippen LogP contribution in [0.5, 0.6) is 0 Å². The Kier molecular flexibility index (Phi) is 5.43. The molecule has 0 bridgehead atoms. The van der Waals surface area contributed by atoms with E-state index in [9.17, 15) is 4.21 Å². The number of aryl methyl sites for hydroxylation is 2. The second-order valence-corrected chi connectivity index (χ2v) is 3.42. The van der Waals surface area contributed by atoms with Gasteiger partial charge in [0, 0.05) is 24.2 Å². The van der Waals surface area contributed by atoms with Gasteiger partial charge in [-0.2, -0.15) is 0 Å². The zero-order valence-electron chi connectivity index (χ0n) is 7.27. The molecule has 0 spiro atoms. The van der Waals surface area contributed by atoms with Gasteiger partial charge in [0.15, 0.2) is 16.1 Å². The van der Waals surface area contributed by atoms with Crippen LogP contribution in [0.1, 0.15) is 11.3 Å². The number of hydrogen-bond acceptors (Lipinski definition) is 3. The summed E-state index contributed by atoms with van der Waals surface area (Å²) in [5.41, 5.74) is 1.53. The summed E-state index contributed by atoms with van der Waals surface area (Å²) >= 11 is -1.76. The van der Waals surface area contributed by atoms with E-state index >= 15 is 0 Å². The molecule has 1 aromatic rings. The van der Waals surface area contributed by atoms with Crippen molar-refractivity contribution in [3.8, 4) is 0 Å². The first-order valence-electron chi connectivity index (χ1n) is 3.35. The summed E-state index contributed by atoms with van der Waals surface area (Å²) in [6.45, 7) is 3.57. The third kappa shape index (κ3) is 3.21. The van der Waals surface area contributed by atoms with Crippen LogP contribution in [-0.4, -0.2) is 9.19 Å². The Hall–Kier alpha value is -0.196. The predicted octanol–water partition coefficient (Wildman–Crippen LogP) is 1.70. The molecule has 0 aliphatic carbocycles. The van der Waals surface area contributed by atoms with Crippen molar-refractivity contribution in [1.82, 2.24) is 4.98 Å². The molecule has 1 radical (unpaired) electrons. The minimum Gasteiger partial charge on any atom is -0.533 e. The normalized spacial score (nSPS) is 11.9. The molecule has 13 heavy (non-hydrogen) atoms. The second kappa shape index (κ2) is 5.52. The van der Waals surface area contributed by atoms with Crippen LogP contribution in [0.25, 0.3) is 5.90 Å². The van der Waals surface area contributed by atoms with Gasteiger partial charge < -0.3 is 10.2 Å². The Morgan fingerprint density at radius 1 is 1.46 bits per heavy atom. The summed E-state index contributed by atoms with van der Waals surface area (Å²) in [4.78, 5) is 4.00. The van der Waals surface area contributed by atoms with Gasteiger partial charge in [0.2, 0.25) is 0 Å². The summed E-state index contributed by atoms with van der Waals surface area (Å²) in [6, 6.07) is 3.62. The number of aromatic nitrogens is 1. The fraction of sp³-hybridized carbons (Fsp3) is 0.286. The van der Waals surface area contributed by atoms with Crippen LogP contribution in [0.4, 0.5) is 0 Å². The molecular weight excluding hydrogens is 227 g/mol. The molecule has 0 saturated heterocycles. The Morgan fingerprint density at radius 2 is 2.08 bits per heavy atom. The maximum Gasteiger partial charge on any atom is 0.191 e. The first-order valence-corrected chi connectivity index (χ1v) is 4.42. The molecule has 6 heteroatoms. The van der Waals surface area contributed by atoms with Crippen molar-refractivity contribution in [2.45, 2.75) is 18.9 Å². The van der Waals surface area contributed by atoms with Crippen LogP contribution in [0.2, 0.25) is 0 Å². The van der Waals surface area contributed by atoms with Crippen molar-refractivity contribution in [3.05, 3.63) is 29.3 Å². The van der Waals surface area contributed by atoms with Crippen molar-refractivity contribution in [3.63, 3.8) is 0 Å². The third-order valence-electron chi connectivity index (χ3n) is 1.42. The van der Waals surface area contributed by atoms with Crippen LogP contribution >= 0.6 is 0 Å². The fourth-order valence-electron chi connectivity index (χ4n) is 0.811. The smallest absolute Gasteiger partial charge is 0.191 e. The third-order valence-corrected chi connectivity index (χ3v) is 2.30. The zero-order chi connectivity index (χ0) is 9.14. The van der Waals surface area contributed by atoms with Gasteiger partial charge in [-0.1, -0.05) is 6.07 Å². The monoisotopic (exact) mass is 236 g/mol. The minimum absolute atomic E-state index is 0. The molecule has 1 unspecified atom stereocenters. The molecule has 0 aliphatic rings. The van der Waals surface area contributed by atoms with Crippen LogP contribution in [0.3, 0.4) is 0 Å². The van der Waals surface area contributed by atoms with Crippen molar-refractivity contribution in [2.75, 3.05) is 0 Å². The van der Waals surface area contributed by atoms with E-state index in [1.54, 1.807) is 19.9 Å². The Bertz CT molecular complexity index is 319. The predicted molar refractivity (Wildman–Crippen MR) is 45.5 cm³/mol. The van der Waals surface area contributed by atoms with E-state index in [2.05, 4.69) is 9.27 Å². The number of rotatable bonds is 2. The standard InChI is InChI=1S/C7H9N2O2S.V/c1-5-3-4-6(2)9-7(5)12(10)11-8;/h3-4,8H,1-2H3;/q-1;. The van der Waals surface area contributed by atoms with Gasteiger partial charge in [-0.3, -0.25) is 0 Å². The number of hydrogen-bond donors (Lipinski definition) is 0. The van der Waals surface area contributed by atoms with Crippen molar-refractivity contribution in [2.24, 2.45) is 0 Å². The molecule has 0 aromatic carbocycles. The number of pyridine rings is 1. The Labute approximate surface area is 91.4 Å². The fourth-order valence-corrected chi connectivity index (χ4v) is 1.44. The first kappa shape index (κ1) is 12.8. The molecule has 0 saturated carbocycles. The average molecular weight is 236 g/mol. The van der Waals surface area contributed by atoms with Gasteiger partial charge >= 0.3 is 0 Å². The topological polar surface area (TPSA) is 63.0 Å². The molecule has 4 nitrogen and oxygen atoms in total. The van der Waals surface area contributed by atoms with E-state index < -0.39 is 11.1 Å². The van der Waals surface area contributed by atoms with Gasteiger partial charge in [-0.15, -0.1) is 0 Å². The SMILES string of the molecule is Cc1ccc(C)c(S(=O)O[NH-])n1.[V]. The summed E-state index contributed by atoms with van der Waals surface area (Å²) < 4.78 is 15.0. The summed E-state index contributed by atoms with van der Waals surface area (Å²) in [7, 11) is 0. The Morgan fingerprint density at radius 3 is 2.62 bits per heavy atom. The van der Waals surface area contributed by atoms with Gasteiger partial charge in [0.1, 0.15) is 0 Å². The zero-order valence-corrected chi connectivity index (χ0v) is 9.49. The van der Waals surface area contributed by atoms with Crippen LogP contribution < -0.4 is 0 Å². The van der Waals surface area contributed by atoms with E-state index in [0.717, 1.165) is 11.3 Å². The van der Waals surface area contributed by atoms with Crippen LogP contribution in [0.15, 0.2) is 17.2 Å².